The Balaban J connectivity index is 2.59. The van der Waals surface area contributed by atoms with Crippen molar-refractivity contribution in [3.8, 4) is 11.1 Å². The largest absolute Gasteiger partial charge is 0.298 e. The van der Waals surface area contributed by atoms with Gasteiger partial charge >= 0.3 is 0 Å². The van der Waals surface area contributed by atoms with Crippen LogP contribution in [0, 0.1) is 11.6 Å². The Morgan fingerprint density at radius 2 is 1.82 bits per heavy atom. The van der Waals surface area contributed by atoms with Gasteiger partial charge in [0, 0.05) is 5.56 Å². The molecule has 17 heavy (non-hydrogen) atoms. The van der Waals surface area contributed by atoms with E-state index in [0.29, 0.717) is 17.4 Å². The highest BCUT2D eigenvalue weighted by atomic mass is 35.5. The van der Waals surface area contributed by atoms with Gasteiger partial charge in [-0.25, -0.2) is 8.78 Å². The van der Waals surface area contributed by atoms with Crippen LogP contribution in [0.5, 0.6) is 0 Å². The van der Waals surface area contributed by atoms with E-state index in [4.69, 9.17) is 11.6 Å². The lowest BCUT2D eigenvalue weighted by Crippen LogP contribution is -1.90. The fraction of sp³-hybridized carbons (Fsp3) is 0. The molecule has 0 N–H and O–H groups in total. The van der Waals surface area contributed by atoms with Crippen LogP contribution in [0.1, 0.15) is 10.4 Å². The standard InChI is InChI=1S/C13H7ClF2O/c14-12-4-1-8(6-13(12)16)11-3-2-10(15)5-9(11)7-17/h1-7H. The first-order chi connectivity index (χ1) is 8.11. The molecule has 0 aliphatic carbocycles. The Hall–Kier alpha value is -1.74. The second-order valence-electron chi connectivity index (χ2n) is 3.48. The first-order valence-electron chi connectivity index (χ1n) is 4.82. The van der Waals surface area contributed by atoms with Crippen molar-refractivity contribution in [2.75, 3.05) is 0 Å². The zero-order valence-electron chi connectivity index (χ0n) is 8.58. The highest BCUT2D eigenvalue weighted by Crippen LogP contribution is 2.26. The maximum atomic E-state index is 13.3. The van der Waals surface area contributed by atoms with Crippen molar-refractivity contribution in [1.82, 2.24) is 0 Å². The Morgan fingerprint density at radius 1 is 1.06 bits per heavy atom. The van der Waals surface area contributed by atoms with E-state index in [-0.39, 0.29) is 10.6 Å². The van der Waals surface area contributed by atoms with Crippen molar-refractivity contribution in [1.29, 1.82) is 0 Å². The van der Waals surface area contributed by atoms with Crippen molar-refractivity contribution in [3.05, 3.63) is 58.6 Å². The number of hydrogen-bond donors (Lipinski definition) is 0. The lowest BCUT2D eigenvalue weighted by Gasteiger charge is -2.06. The van der Waals surface area contributed by atoms with E-state index in [9.17, 15) is 13.6 Å². The Bertz CT molecular complexity index is 582. The molecule has 1 nitrogen and oxygen atoms in total. The molecule has 86 valence electrons. The number of rotatable bonds is 2. The molecule has 0 saturated heterocycles. The van der Waals surface area contributed by atoms with E-state index in [1.165, 1.54) is 24.3 Å². The second kappa shape index (κ2) is 4.63. The second-order valence-corrected chi connectivity index (χ2v) is 3.89. The smallest absolute Gasteiger partial charge is 0.150 e. The Kier molecular flexibility index (Phi) is 3.20. The van der Waals surface area contributed by atoms with Crippen LogP contribution < -0.4 is 0 Å². The van der Waals surface area contributed by atoms with Gasteiger partial charge in [0.15, 0.2) is 6.29 Å². The minimum atomic E-state index is -0.578. The molecule has 2 aromatic rings. The van der Waals surface area contributed by atoms with E-state index in [1.54, 1.807) is 6.07 Å². The SMILES string of the molecule is O=Cc1cc(F)ccc1-c1ccc(Cl)c(F)c1. The Morgan fingerprint density at radius 3 is 2.47 bits per heavy atom. The molecule has 0 fully saturated rings. The van der Waals surface area contributed by atoms with Crippen LogP contribution in [-0.2, 0) is 0 Å². The molecular weight excluding hydrogens is 246 g/mol. The molecule has 0 aliphatic heterocycles. The summed E-state index contributed by atoms with van der Waals surface area (Å²) in [6, 6.07) is 7.93. The van der Waals surface area contributed by atoms with Gasteiger partial charge in [-0.05, 0) is 35.4 Å². The molecule has 2 aromatic carbocycles. The number of benzene rings is 2. The zero-order valence-corrected chi connectivity index (χ0v) is 9.34. The third-order valence-corrected chi connectivity index (χ3v) is 2.68. The molecule has 0 spiro atoms. The van der Waals surface area contributed by atoms with E-state index in [0.717, 1.165) is 6.07 Å². The number of halogens is 3. The van der Waals surface area contributed by atoms with Gasteiger partial charge < -0.3 is 0 Å². The van der Waals surface area contributed by atoms with Crippen LogP contribution in [0.4, 0.5) is 8.78 Å². The topological polar surface area (TPSA) is 17.1 Å². The summed E-state index contributed by atoms with van der Waals surface area (Å²) in [5.74, 6) is -1.09. The summed E-state index contributed by atoms with van der Waals surface area (Å²) in [5.41, 5.74) is 1.12. The number of carbonyl (C=O) groups excluding carboxylic acids is 1. The molecule has 0 aromatic heterocycles. The number of carbonyl (C=O) groups is 1. The van der Waals surface area contributed by atoms with Gasteiger partial charge in [0.05, 0.1) is 5.02 Å². The van der Waals surface area contributed by atoms with Gasteiger partial charge in [-0.3, -0.25) is 4.79 Å². The molecule has 0 heterocycles. The van der Waals surface area contributed by atoms with Crippen LogP contribution in [0.3, 0.4) is 0 Å². The van der Waals surface area contributed by atoms with Gasteiger partial charge in [0.25, 0.3) is 0 Å². The van der Waals surface area contributed by atoms with Gasteiger partial charge in [-0.15, -0.1) is 0 Å². The normalized spacial score (nSPS) is 10.3. The monoisotopic (exact) mass is 252 g/mol. The maximum absolute atomic E-state index is 13.3. The van der Waals surface area contributed by atoms with E-state index < -0.39 is 11.6 Å². The van der Waals surface area contributed by atoms with Crippen LogP contribution in [0.25, 0.3) is 11.1 Å². The first kappa shape index (κ1) is 11.7. The summed E-state index contributed by atoms with van der Waals surface area (Å²) < 4.78 is 26.2. The minimum Gasteiger partial charge on any atom is -0.298 e. The van der Waals surface area contributed by atoms with Crippen LogP contribution in [-0.4, -0.2) is 6.29 Å². The summed E-state index contributed by atoms with van der Waals surface area (Å²) in [5, 5.41) is 0.00325. The van der Waals surface area contributed by atoms with Gasteiger partial charge in [0.1, 0.15) is 11.6 Å². The molecule has 2 rings (SSSR count). The molecule has 0 unspecified atom stereocenters. The van der Waals surface area contributed by atoms with Crippen molar-refractivity contribution < 1.29 is 13.6 Å². The molecular formula is C13H7ClF2O. The molecule has 0 saturated carbocycles. The summed E-state index contributed by atoms with van der Waals surface area (Å²) in [6.07, 6.45) is 0.533. The first-order valence-corrected chi connectivity index (χ1v) is 5.20. The summed E-state index contributed by atoms with van der Waals surface area (Å²) in [4.78, 5) is 10.8. The van der Waals surface area contributed by atoms with Crippen LogP contribution in [0.2, 0.25) is 5.02 Å². The van der Waals surface area contributed by atoms with Crippen molar-refractivity contribution in [3.63, 3.8) is 0 Å². The quantitative estimate of drug-likeness (QED) is 0.736. The average Bonchev–Trinajstić information content (AvgIpc) is 2.32. The third kappa shape index (κ3) is 2.34. The molecule has 0 bridgehead atoms. The third-order valence-electron chi connectivity index (χ3n) is 2.37. The fourth-order valence-electron chi connectivity index (χ4n) is 1.56. The minimum absolute atomic E-state index is 0.00325. The molecule has 0 aliphatic rings. The van der Waals surface area contributed by atoms with E-state index >= 15 is 0 Å². The Labute approximate surface area is 102 Å². The summed E-state index contributed by atoms with van der Waals surface area (Å²) >= 11 is 5.56. The zero-order chi connectivity index (χ0) is 12.4. The summed E-state index contributed by atoms with van der Waals surface area (Å²) in [6.45, 7) is 0. The lowest BCUT2D eigenvalue weighted by molar-refractivity contribution is 0.112. The van der Waals surface area contributed by atoms with E-state index in [2.05, 4.69) is 0 Å². The average molecular weight is 253 g/mol. The predicted molar refractivity (Wildman–Crippen MR) is 62.2 cm³/mol. The highest BCUT2D eigenvalue weighted by Gasteiger charge is 2.08. The van der Waals surface area contributed by atoms with Crippen molar-refractivity contribution in [2.45, 2.75) is 0 Å². The van der Waals surface area contributed by atoms with Crippen molar-refractivity contribution in [2.24, 2.45) is 0 Å². The van der Waals surface area contributed by atoms with Gasteiger partial charge in [-0.2, -0.15) is 0 Å². The van der Waals surface area contributed by atoms with E-state index in [1.807, 2.05) is 0 Å². The lowest BCUT2D eigenvalue weighted by atomic mass is 10.0. The van der Waals surface area contributed by atoms with Crippen molar-refractivity contribution >= 4 is 17.9 Å². The number of hydrogen-bond acceptors (Lipinski definition) is 1. The van der Waals surface area contributed by atoms with Crippen LogP contribution >= 0.6 is 11.6 Å². The molecule has 4 heteroatoms. The summed E-state index contributed by atoms with van der Waals surface area (Å²) in [7, 11) is 0. The van der Waals surface area contributed by atoms with Crippen LogP contribution in [0.15, 0.2) is 36.4 Å². The molecule has 0 atom stereocenters. The fourth-order valence-corrected chi connectivity index (χ4v) is 1.68. The predicted octanol–water partition coefficient (Wildman–Crippen LogP) is 4.10. The van der Waals surface area contributed by atoms with Gasteiger partial charge in [-0.1, -0.05) is 23.7 Å². The maximum Gasteiger partial charge on any atom is 0.150 e. The highest BCUT2D eigenvalue weighted by molar-refractivity contribution is 6.30. The van der Waals surface area contributed by atoms with Gasteiger partial charge in [0.2, 0.25) is 0 Å². The molecule has 0 radical (unpaired) electrons. The molecule has 0 amide bonds. The number of aldehydes is 1.